The fraction of sp³-hybridized carbons (Fsp3) is 0.389. The van der Waals surface area contributed by atoms with E-state index in [-0.39, 0.29) is 22.9 Å². The van der Waals surface area contributed by atoms with Crippen LogP contribution in [0, 0.1) is 0 Å². The summed E-state index contributed by atoms with van der Waals surface area (Å²) in [4.78, 5) is 9.68. The Balaban J connectivity index is 1.90. The summed E-state index contributed by atoms with van der Waals surface area (Å²) in [6.45, 7) is 4.83. The Morgan fingerprint density at radius 2 is 1.89 bits per heavy atom. The van der Waals surface area contributed by atoms with E-state index in [1.165, 1.54) is 5.56 Å². The standard InChI is InChI=1S/C18H20F3N5S/c1-11(2)22-17(27)25-16-23-14(18(19,20)21)9-15(24-16)26-8-7-12-5-3-4-6-13(12)10-26/h3-6,9,11H,7-8,10H2,1-2H3,(H2,22,23,24,25,27). The van der Waals surface area contributed by atoms with Gasteiger partial charge in [0, 0.05) is 25.2 Å². The first kappa shape index (κ1) is 19.3. The van der Waals surface area contributed by atoms with Crippen molar-refractivity contribution in [2.75, 3.05) is 16.8 Å². The second-order valence-electron chi connectivity index (χ2n) is 6.63. The van der Waals surface area contributed by atoms with E-state index in [2.05, 4.69) is 20.6 Å². The van der Waals surface area contributed by atoms with Gasteiger partial charge in [-0.25, -0.2) is 4.98 Å². The Morgan fingerprint density at radius 1 is 1.19 bits per heavy atom. The molecule has 0 amide bonds. The summed E-state index contributed by atoms with van der Waals surface area (Å²) in [5.41, 5.74) is 1.29. The molecular weight excluding hydrogens is 375 g/mol. The van der Waals surface area contributed by atoms with Gasteiger partial charge in [0.05, 0.1) is 0 Å². The number of hydrogen-bond donors (Lipinski definition) is 2. The topological polar surface area (TPSA) is 53.1 Å². The van der Waals surface area contributed by atoms with Gasteiger partial charge in [0.1, 0.15) is 5.82 Å². The number of thiocarbonyl (C=S) groups is 1. The Morgan fingerprint density at radius 3 is 2.56 bits per heavy atom. The highest BCUT2D eigenvalue weighted by molar-refractivity contribution is 7.80. The third kappa shape index (κ3) is 4.85. The van der Waals surface area contributed by atoms with E-state index in [1.54, 1.807) is 0 Å². The first-order chi connectivity index (χ1) is 12.7. The number of benzene rings is 1. The van der Waals surface area contributed by atoms with Crippen molar-refractivity contribution in [2.45, 2.75) is 39.0 Å². The number of anilines is 2. The molecule has 0 unspecified atom stereocenters. The lowest BCUT2D eigenvalue weighted by atomic mass is 10.00. The zero-order valence-electron chi connectivity index (χ0n) is 15.0. The van der Waals surface area contributed by atoms with Crippen molar-refractivity contribution in [3.05, 3.63) is 47.2 Å². The molecule has 0 aliphatic carbocycles. The van der Waals surface area contributed by atoms with Crippen LogP contribution in [0.3, 0.4) is 0 Å². The molecule has 0 saturated carbocycles. The van der Waals surface area contributed by atoms with Crippen LogP contribution in [0.4, 0.5) is 24.9 Å². The Bertz CT molecular complexity index is 838. The number of fused-ring (bicyclic) bond motifs is 1. The molecule has 2 heterocycles. The highest BCUT2D eigenvalue weighted by Gasteiger charge is 2.34. The molecule has 0 radical (unpaired) electrons. The van der Waals surface area contributed by atoms with Gasteiger partial charge in [-0.1, -0.05) is 24.3 Å². The Hall–Kier alpha value is -2.42. The molecule has 0 fully saturated rings. The van der Waals surface area contributed by atoms with E-state index in [0.29, 0.717) is 13.1 Å². The van der Waals surface area contributed by atoms with Crippen LogP contribution in [0.25, 0.3) is 0 Å². The second-order valence-corrected chi connectivity index (χ2v) is 7.03. The summed E-state index contributed by atoms with van der Waals surface area (Å²) in [5.74, 6) is 0.0542. The van der Waals surface area contributed by atoms with E-state index in [1.807, 2.05) is 43.0 Å². The zero-order valence-corrected chi connectivity index (χ0v) is 15.8. The van der Waals surface area contributed by atoms with E-state index in [0.717, 1.165) is 18.1 Å². The first-order valence-corrected chi connectivity index (χ1v) is 8.98. The minimum absolute atomic E-state index is 0.0360. The minimum atomic E-state index is -4.57. The zero-order chi connectivity index (χ0) is 19.6. The average Bonchev–Trinajstić information content (AvgIpc) is 2.59. The molecular formula is C18H20F3N5S. The molecule has 1 aromatic heterocycles. The molecule has 0 saturated heterocycles. The van der Waals surface area contributed by atoms with Gasteiger partial charge in [0.15, 0.2) is 10.8 Å². The molecule has 2 N–H and O–H groups in total. The summed E-state index contributed by atoms with van der Waals surface area (Å²) in [6.07, 6.45) is -3.83. The number of alkyl halides is 3. The van der Waals surface area contributed by atoms with Crippen molar-refractivity contribution in [1.82, 2.24) is 15.3 Å². The van der Waals surface area contributed by atoms with Gasteiger partial charge in [-0.2, -0.15) is 18.2 Å². The third-order valence-corrected chi connectivity index (χ3v) is 4.32. The van der Waals surface area contributed by atoms with Crippen LogP contribution in [0.15, 0.2) is 30.3 Å². The van der Waals surface area contributed by atoms with E-state index >= 15 is 0 Å². The number of aromatic nitrogens is 2. The van der Waals surface area contributed by atoms with Gasteiger partial charge < -0.3 is 15.5 Å². The van der Waals surface area contributed by atoms with Gasteiger partial charge in [-0.05, 0) is 43.6 Å². The smallest absolute Gasteiger partial charge is 0.360 e. The molecule has 1 aliphatic rings. The fourth-order valence-corrected chi connectivity index (χ4v) is 3.22. The van der Waals surface area contributed by atoms with Gasteiger partial charge in [-0.3, -0.25) is 0 Å². The summed E-state index contributed by atoms with van der Waals surface area (Å²) in [5, 5.41) is 5.74. The maximum absolute atomic E-state index is 13.3. The van der Waals surface area contributed by atoms with E-state index < -0.39 is 11.9 Å². The SMILES string of the molecule is CC(C)NC(=S)Nc1nc(N2CCc3ccccc3C2)cc(C(F)(F)F)n1. The monoisotopic (exact) mass is 395 g/mol. The summed E-state index contributed by atoms with van der Waals surface area (Å²) >= 11 is 5.10. The normalized spacial score (nSPS) is 14.1. The molecule has 2 aromatic rings. The van der Waals surface area contributed by atoms with Crippen LogP contribution < -0.4 is 15.5 Å². The van der Waals surface area contributed by atoms with Crippen LogP contribution in [-0.2, 0) is 19.1 Å². The summed E-state index contributed by atoms with van der Waals surface area (Å²) < 4.78 is 39.9. The minimum Gasteiger partial charge on any atom is -0.360 e. The number of nitrogens with one attached hydrogen (secondary N) is 2. The van der Waals surface area contributed by atoms with Crippen molar-refractivity contribution < 1.29 is 13.2 Å². The maximum Gasteiger partial charge on any atom is 0.433 e. The van der Waals surface area contributed by atoms with Crippen LogP contribution >= 0.6 is 12.2 Å². The summed E-state index contributed by atoms with van der Waals surface area (Å²) in [6, 6.07) is 8.93. The molecule has 0 spiro atoms. The fourth-order valence-electron chi connectivity index (χ4n) is 2.89. The van der Waals surface area contributed by atoms with Crippen LogP contribution in [0.2, 0.25) is 0 Å². The summed E-state index contributed by atoms with van der Waals surface area (Å²) in [7, 11) is 0. The van der Waals surface area contributed by atoms with Crippen LogP contribution in [-0.4, -0.2) is 27.7 Å². The van der Waals surface area contributed by atoms with Gasteiger partial charge in [0.2, 0.25) is 5.95 Å². The predicted molar refractivity (Wildman–Crippen MR) is 103 cm³/mol. The van der Waals surface area contributed by atoms with Crippen molar-refractivity contribution in [3.8, 4) is 0 Å². The molecule has 5 nitrogen and oxygen atoms in total. The molecule has 0 bridgehead atoms. The predicted octanol–water partition coefficient (Wildman–Crippen LogP) is 3.75. The van der Waals surface area contributed by atoms with Crippen LogP contribution in [0.1, 0.15) is 30.7 Å². The molecule has 1 aliphatic heterocycles. The number of hydrogen-bond acceptors (Lipinski definition) is 4. The number of rotatable bonds is 3. The van der Waals surface area contributed by atoms with Gasteiger partial charge in [-0.15, -0.1) is 0 Å². The molecule has 9 heteroatoms. The lowest BCUT2D eigenvalue weighted by Crippen LogP contribution is -2.35. The third-order valence-electron chi connectivity index (χ3n) is 4.10. The Kier molecular flexibility index (Phi) is 5.50. The average molecular weight is 395 g/mol. The molecule has 1 aromatic carbocycles. The molecule has 3 rings (SSSR count). The molecule has 27 heavy (non-hydrogen) atoms. The van der Waals surface area contributed by atoms with E-state index in [4.69, 9.17) is 12.2 Å². The highest BCUT2D eigenvalue weighted by Crippen LogP contribution is 2.32. The van der Waals surface area contributed by atoms with Crippen molar-refractivity contribution in [2.24, 2.45) is 0 Å². The van der Waals surface area contributed by atoms with Gasteiger partial charge >= 0.3 is 6.18 Å². The Labute approximate surface area is 161 Å². The van der Waals surface area contributed by atoms with Crippen molar-refractivity contribution in [1.29, 1.82) is 0 Å². The number of halogens is 3. The lowest BCUT2D eigenvalue weighted by Gasteiger charge is -2.30. The first-order valence-electron chi connectivity index (χ1n) is 8.58. The highest BCUT2D eigenvalue weighted by atomic mass is 32.1. The van der Waals surface area contributed by atoms with Gasteiger partial charge in [0.25, 0.3) is 0 Å². The van der Waals surface area contributed by atoms with Crippen molar-refractivity contribution >= 4 is 29.1 Å². The number of nitrogens with zero attached hydrogens (tertiary/aromatic N) is 3. The second kappa shape index (κ2) is 7.67. The lowest BCUT2D eigenvalue weighted by molar-refractivity contribution is -0.141. The largest absolute Gasteiger partial charge is 0.433 e. The quantitative estimate of drug-likeness (QED) is 0.772. The van der Waals surface area contributed by atoms with Crippen molar-refractivity contribution in [3.63, 3.8) is 0 Å². The molecule has 0 atom stereocenters. The van der Waals surface area contributed by atoms with E-state index in [9.17, 15) is 13.2 Å². The maximum atomic E-state index is 13.3. The van der Waals surface area contributed by atoms with Crippen LogP contribution in [0.5, 0.6) is 0 Å². The molecule has 144 valence electrons.